The number of aromatic hydroxyl groups is 1. The molecule has 0 bridgehead atoms. The molecule has 2 N–H and O–H groups in total. The third kappa shape index (κ3) is 2.70. The van der Waals surface area contributed by atoms with Crippen LogP contribution in [0.15, 0.2) is 41.4 Å². The number of nitrogens with zero attached hydrogens (tertiary/aromatic N) is 2. The van der Waals surface area contributed by atoms with E-state index >= 15 is 0 Å². The van der Waals surface area contributed by atoms with Crippen LogP contribution in [0, 0.1) is 18.3 Å². The lowest BCUT2D eigenvalue weighted by Crippen LogP contribution is -2.15. The number of phenols is 1. The molecule has 2 rings (SSSR count). The molecule has 0 saturated carbocycles. The molecule has 2 aromatic rings. The third-order valence-electron chi connectivity index (χ3n) is 2.62. The Balaban J connectivity index is 2.41. The van der Waals surface area contributed by atoms with Crippen molar-refractivity contribution in [1.82, 2.24) is 4.98 Å². The summed E-state index contributed by atoms with van der Waals surface area (Å²) in [4.78, 5) is 3.53. The number of hydrogen-bond acceptors (Lipinski definition) is 5. The average molecular weight is 289 g/mol. The van der Waals surface area contributed by atoms with E-state index in [1.807, 2.05) is 0 Å². The van der Waals surface area contributed by atoms with Crippen molar-refractivity contribution < 1.29 is 13.5 Å². The number of sulfonamides is 1. The van der Waals surface area contributed by atoms with Crippen LogP contribution in [0.5, 0.6) is 5.75 Å². The van der Waals surface area contributed by atoms with Crippen molar-refractivity contribution in [2.75, 3.05) is 4.72 Å². The van der Waals surface area contributed by atoms with E-state index in [1.54, 1.807) is 13.0 Å². The standard InChI is InChI=1S/C13H11N3O3S/c1-9-7-10(4-5-12(9)17)16-20(18,19)13-3-2-6-15-11(13)8-14/h2-7,16-17H,1H3. The summed E-state index contributed by atoms with van der Waals surface area (Å²) >= 11 is 0. The molecule has 20 heavy (non-hydrogen) atoms. The summed E-state index contributed by atoms with van der Waals surface area (Å²) in [7, 11) is -3.90. The summed E-state index contributed by atoms with van der Waals surface area (Å²) in [6.07, 6.45) is 1.35. The Morgan fingerprint density at radius 1 is 1.35 bits per heavy atom. The number of aryl methyl sites for hydroxylation is 1. The van der Waals surface area contributed by atoms with Crippen LogP contribution >= 0.6 is 0 Å². The highest BCUT2D eigenvalue weighted by Crippen LogP contribution is 2.23. The molecule has 1 heterocycles. The highest BCUT2D eigenvalue weighted by molar-refractivity contribution is 7.92. The second-order valence-corrected chi connectivity index (χ2v) is 5.72. The van der Waals surface area contributed by atoms with Crippen LogP contribution in [-0.4, -0.2) is 18.5 Å². The molecule has 6 nitrogen and oxygen atoms in total. The molecule has 0 aliphatic rings. The Hall–Kier alpha value is -2.59. The van der Waals surface area contributed by atoms with Gasteiger partial charge in [0.2, 0.25) is 0 Å². The predicted octanol–water partition coefficient (Wildman–Crippen LogP) is 1.77. The zero-order valence-electron chi connectivity index (χ0n) is 10.5. The first-order chi connectivity index (χ1) is 9.44. The van der Waals surface area contributed by atoms with E-state index in [0.717, 1.165) is 0 Å². The first-order valence-corrected chi connectivity index (χ1v) is 7.10. The molecule has 0 amide bonds. The Morgan fingerprint density at radius 2 is 2.10 bits per heavy atom. The van der Waals surface area contributed by atoms with Crippen molar-refractivity contribution in [3.05, 3.63) is 47.8 Å². The Morgan fingerprint density at radius 3 is 2.75 bits per heavy atom. The molecule has 0 aliphatic heterocycles. The minimum absolute atomic E-state index is 0.0760. The van der Waals surface area contributed by atoms with Gasteiger partial charge in [-0.2, -0.15) is 5.26 Å². The molecular formula is C13H11N3O3S. The largest absolute Gasteiger partial charge is 0.508 e. The van der Waals surface area contributed by atoms with Gasteiger partial charge >= 0.3 is 0 Å². The van der Waals surface area contributed by atoms with Gasteiger partial charge in [-0.15, -0.1) is 0 Å². The normalized spacial score (nSPS) is 10.8. The number of pyridine rings is 1. The van der Waals surface area contributed by atoms with Crippen molar-refractivity contribution in [3.8, 4) is 11.8 Å². The van der Waals surface area contributed by atoms with Gasteiger partial charge in [0.15, 0.2) is 5.69 Å². The minimum atomic E-state index is -3.90. The molecule has 0 saturated heterocycles. The number of aromatic nitrogens is 1. The van der Waals surface area contributed by atoms with E-state index in [4.69, 9.17) is 5.26 Å². The van der Waals surface area contributed by atoms with Gasteiger partial charge in [-0.05, 0) is 42.8 Å². The van der Waals surface area contributed by atoms with Crippen LogP contribution in [0.25, 0.3) is 0 Å². The molecule has 102 valence electrons. The molecule has 1 aromatic heterocycles. The second-order valence-electron chi connectivity index (χ2n) is 4.07. The molecule has 0 spiro atoms. The number of nitriles is 1. The zero-order valence-corrected chi connectivity index (χ0v) is 11.3. The SMILES string of the molecule is Cc1cc(NS(=O)(=O)c2cccnc2C#N)ccc1O. The summed E-state index contributed by atoms with van der Waals surface area (Å²) in [5, 5.41) is 18.3. The maximum atomic E-state index is 12.2. The highest BCUT2D eigenvalue weighted by atomic mass is 32.2. The van der Waals surface area contributed by atoms with E-state index in [1.165, 1.54) is 36.5 Å². The number of nitrogens with one attached hydrogen (secondary N) is 1. The number of hydrogen-bond donors (Lipinski definition) is 2. The number of benzene rings is 1. The van der Waals surface area contributed by atoms with Gasteiger partial charge in [-0.25, -0.2) is 13.4 Å². The van der Waals surface area contributed by atoms with Crippen molar-refractivity contribution in [2.45, 2.75) is 11.8 Å². The molecule has 0 atom stereocenters. The van der Waals surface area contributed by atoms with Crippen LogP contribution in [0.2, 0.25) is 0 Å². The lowest BCUT2D eigenvalue weighted by atomic mass is 10.2. The molecular weight excluding hydrogens is 278 g/mol. The molecule has 0 radical (unpaired) electrons. The van der Waals surface area contributed by atoms with Crippen molar-refractivity contribution >= 4 is 15.7 Å². The quantitative estimate of drug-likeness (QED) is 0.838. The third-order valence-corrected chi connectivity index (χ3v) is 4.03. The first kappa shape index (κ1) is 13.8. The fourth-order valence-electron chi connectivity index (χ4n) is 1.62. The smallest absolute Gasteiger partial charge is 0.264 e. The fraction of sp³-hybridized carbons (Fsp3) is 0.0769. The van der Waals surface area contributed by atoms with Crippen LogP contribution in [0.1, 0.15) is 11.3 Å². The van der Waals surface area contributed by atoms with Crippen molar-refractivity contribution in [1.29, 1.82) is 5.26 Å². The van der Waals surface area contributed by atoms with Crippen LogP contribution in [-0.2, 0) is 10.0 Å². The average Bonchev–Trinajstić information content (AvgIpc) is 2.42. The fourth-order valence-corrected chi connectivity index (χ4v) is 2.78. The summed E-state index contributed by atoms with van der Waals surface area (Å²) in [5.74, 6) is 0.0760. The topological polar surface area (TPSA) is 103 Å². The van der Waals surface area contributed by atoms with E-state index in [9.17, 15) is 13.5 Å². The van der Waals surface area contributed by atoms with Gasteiger partial charge in [0.05, 0.1) is 0 Å². The van der Waals surface area contributed by atoms with E-state index < -0.39 is 10.0 Å². The Bertz CT molecular complexity index is 795. The molecule has 0 fully saturated rings. The van der Waals surface area contributed by atoms with E-state index in [0.29, 0.717) is 11.3 Å². The monoisotopic (exact) mass is 289 g/mol. The predicted molar refractivity (Wildman–Crippen MR) is 72.6 cm³/mol. The van der Waals surface area contributed by atoms with E-state index in [-0.39, 0.29) is 16.3 Å². The van der Waals surface area contributed by atoms with Gasteiger partial charge in [0.25, 0.3) is 10.0 Å². The van der Waals surface area contributed by atoms with Crippen LogP contribution in [0.4, 0.5) is 5.69 Å². The number of phenolic OH excluding ortho intramolecular Hbond substituents is 1. The second kappa shape index (κ2) is 5.19. The zero-order chi connectivity index (χ0) is 14.8. The number of rotatable bonds is 3. The van der Waals surface area contributed by atoms with Gasteiger partial charge in [0.1, 0.15) is 16.7 Å². The first-order valence-electron chi connectivity index (χ1n) is 5.61. The minimum Gasteiger partial charge on any atom is -0.508 e. The maximum absolute atomic E-state index is 12.2. The maximum Gasteiger partial charge on any atom is 0.264 e. The summed E-state index contributed by atoms with van der Waals surface area (Å²) in [6.45, 7) is 1.65. The van der Waals surface area contributed by atoms with Crippen molar-refractivity contribution in [2.24, 2.45) is 0 Å². The molecule has 0 unspecified atom stereocenters. The lowest BCUT2D eigenvalue weighted by molar-refractivity contribution is 0.471. The summed E-state index contributed by atoms with van der Waals surface area (Å²) < 4.78 is 26.8. The number of anilines is 1. The summed E-state index contributed by atoms with van der Waals surface area (Å²) in [5.41, 5.74) is 0.667. The van der Waals surface area contributed by atoms with Gasteiger partial charge in [-0.1, -0.05) is 0 Å². The highest BCUT2D eigenvalue weighted by Gasteiger charge is 2.19. The van der Waals surface area contributed by atoms with Crippen LogP contribution < -0.4 is 4.72 Å². The van der Waals surface area contributed by atoms with Gasteiger partial charge < -0.3 is 5.11 Å². The molecule has 0 aliphatic carbocycles. The van der Waals surface area contributed by atoms with Gasteiger partial charge in [0, 0.05) is 11.9 Å². The molecule has 7 heteroatoms. The molecule has 1 aromatic carbocycles. The Labute approximate surface area is 116 Å². The summed E-state index contributed by atoms with van der Waals surface area (Å²) in [6, 6.07) is 8.81. The van der Waals surface area contributed by atoms with Gasteiger partial charge in [-0.3, -0.25) is 4.72 Å². The van der Waals surface area contributed by atoms with Crippen LogP contribution in [0.3, 0.4) is 0 Å². The van der Waals surface area contributed by atoms with Crippen molar-refractivity contribution in [3.63, 3.8) is 0 Å². The lowest BCUT2D eigenvalue weighted by Gasteiger charge is -2.09. The Kier molecular flexibility index (Phi) is 3.59. The van der Waals surface area contributed by atoms with E-state index in [2.05, 4.69) is 9.71 Å².